The topological polar surface area (TPSA) is 40.6 Å². The number of carbonyl (C=O) groups excluding carboxylic acids is 2. The van der Waals surface area contributed by atoms with E-state index in [1.807, 2.05) is 58.3 Å². The molecule has 0 radical (unpaired) electrons. The maximum atomic E-state index is 14.3. The highest BCUT2D eigenvalue weighted by Crippen LogP contribution is 2.47. The zero-order valence-electron chi connectivity index (χ0n) is 26.8. The van der Waals surface area contributed by atoms with Gasteiger partial charge in [-0.3, -0.25) is 9.59 Å². The molecule has 0 fully saturated rings. The van der Waals surface area contributed by atoms with E-state index in [2.05, 4.69) is 13.8 Å². The van der Waals surface area contributed by atoms with Crippen molar-refractivity contribution < 1.29 is 9.59 Å². The monoisotopic (exact) mass is 636 g/mol. The number of halogens is 2. The van der Waals surface area contributed by atoms with Gasteiger partial charge in [0.2, 0.25) is 0 Å². The second-order valence-electron chi connectivity index (χ2n) is 12.3. The average molecular weight is 638 g/mol. The van der Waals surface area contributed by atoms with Gasteiger partial charge in [0.25, 0.3) is 11.8 Å². The van der Waals surface area contributed by atoms with Crippen molar-refractivity contribution in [1.29, 1.82) is 0 Å². The molecule has 0 aromatic heterocycles. The lowest BCUT2D eigenvalue weighted by atomic mass is 10.0. The van der Waals surface area contributed by atoms with Gasteiger partial charge in [0.15, 0.2) is 0 Å². The molecule has 2 aromatic rings. The summed E-state index contributed by atoms with van der Waals surface area (Å²) in [4.78, 5) is 32.3. The average Bonchev–Trinajstić information content (AvgIpc) is 3.47. The third-order valence-corrected chi connectivity index (χ3v) is 9.39. The molecule has 0 saturated carbocycles. The Morgan fingerprint density at radius 2 is 0.750 bits per heavy atom. The van der Waals surface area contributed by atoms with Gasteiger partial charge in [-0.2, -0.15) is 0 Å². The van der Waals surface area contributed by atoms with Crippen molar-refractivity contribution in [2.45, 2.75) is 117 Å². The van der Waals surface area contributed by atoms with Gasteiger partial charge in [-0.15, -0.1) is 0 Å². The first-order chi connectivity index (χ1) is 21.5. The van der Waals surface area contributed by atoms with Crippen LogP contribution in [0, 0.1) is 0 Å². The molecule has 0 aliphatic carbocycles. The molecule has 0 bridgehead atoms. The van der Waals surface area contributed by atoms with E-state index in [4.69, 9.17) is 23.2 Å². The maximum Gasteiger partial charge on any atom is 0.261 e. The molecule has 2 amide bonds. The standard InChI is InChI=1S/C38H50Cl2N2O2/c1-3-5-7-9-11-13-15-17-27-41-35(29-19-23-31(39)24-20-29)33-34(37(41)43)36(30-21-25-32(40)26-22-30)42(38(33)44)28-18-16-14-12-10-8-6-4-2/h19-26H,3-18,27-28H2,1-2H3. The molecule has 44 heavy (non-hydrogen) atoms. The SMILES string of the molecule is CCCCCCCCCCN1C(=O)C2=C(c3ccc(Cl)cc3)N(CCCCCCCCCC)C(=O)C2=C1c1ccc(Cl)cc1. The fraction of sp³-hybridized carbons (Fsp3) is 0.526. The zero-order chi connectivity index (χ0) is 31.3. The van der Waals surface area contributed by atoms with E-state index >= 15 is 0 Å². The van der Waals surface area contributed by atoms with E-state index in [0.717, 1.165) is 48.2 Å². The van der Waals surface area contributed by atoms with Gasteiger partial charge < -0.3 is 9.80 Å². The van der Waals surface area contributed by atoms with Gasteiger partial charge in [0, 0.05) is 23.1 Å². The van der Waals surface area contributed by atoms with Crippen molar-refractivity contribution in [3.63, 3.8) is 0 Å². The van der Waals surface area contributed by atoms with E-state index < -0.39 is 0 Å². The Balaban J connectivity index is 1.59. The fourth-order valence-corrected chi connectivity index (χ4v) is 6.70. The van der Waals surface area contributed by atoms with Crippen LogP contribution < -0.4 is 0 Å². The van der Waals surface area contributed by atoms with E-state index in [1.54, 1.807) is 0 Å². The molecule has 4 rings (SSSR count). The smallest absolute Gasteiger partial charge is 0.261 e. The van der Waals surface area contributed by atoms with Gasteiger partial charge in [0.1, 0.15) is 0 Å². The first-order valence-electron chi connectivity index (χ1n) is 17.1. The Morgan fingerprint density at radius 1 is 0.455 bits per heavy atom. The second-order valence-corrected chi connectivity index (χ2v) is 13.2. The number of nitrogens with zero attached hydrogens (tertiary/aromatic N) is 2. The van der Waals surface area contributed by atoms with E-state index in [0.29, 0.717) is 34.3 Å². The lowest BCUT2D eigenvalue weighted by Crippen LogP contribution is -2.31. The van der Waals surface area contributed by atoms with Crippen LogP contribution in [0.15, 0.2) is 59.7 Å². The van der Waals surface area contributed by atoms with Crippen LogP contribution in [0.5, 0.6) is 0 Å². The van der Waals surface area contributed by atoms with Crippen LogP contribution in [0.3, 0.4) is 0 Å². The summed E-state index contributed by atoms with van der Waals surface area (Å²) in [6, 6.07) is 15.1. The molecule has 0 unspecified atom stereocenters. The summed E-state index contributed by atoms with van der Waals surface area (Å²) in [7, 11) is 0. The van der Waals surface area contributed by atoms with Gasteiger partial charge in [0.05, 0.1) is 22.5 Å². The first kappa shape index (κ1) is 34.3. The number of amides is 2. The number of carbonyl (C=O) groups is 2. The molecule has 238 valence electrons. The Kier molecular flexibility index (Phi) is 13.9. The van der Waals surface area contributed by atoms with E-state index in [9.17, 15) is 9.59 Å². The highest BCUT2D eigenvalue weighted by molar-refractivity contribution is 6.32. The third-order valence-electron chi connectivity index (χ3n) is 8.89. The van der Waals surface area contributed by atoms with Gasteiger partial charge in [-0.25, -0.2) is 0 Å². The molecule has 0 saturated heterocycles. The highest BCUT2D eigenvalue weighted by Gasteiger charge is 2.48. The van der Waals surface area contributed by atoms with Crippen molar-refractivity contribution in [3.05, 3.63) is 80.8 Å². The summed E-state index contributed by atoms with van der Waals surface area (Å²) in [6.07, 6.45) is 19.0. The molecule has 2 heterocycles. The maximum absolute atomic E-state index is 14.3. The number of rotatable bonds is 20. The summed E-state index contributed by atoms with van der Waals surface area (Å²) < 4.78 is 0. The number of hydrogen-bond donors (Lipinski definition) is 0. The molecule has 2 aliphatic rings. The molecule has 6 heteroatoms. The number of fused-ring (bicyclic) bond motifs is 1. The molecular weight excluding hydrogens is 587 g/mol. The minimum atomic E-state index is -0.0791. The van der Waals surface area contributed by atoms with E-state index in [-0.39, 0.29) is 11.8 Å². The summed E-state index contributed by atoms with van der Waals surface area (Å²) in [5.41, 5.74) is 4.21. The Bertz CT molecular complexity index is 1200. The van der Waals surface area contributed by atoms with Crippen molar-refractivity contribution in [3.8, 4) is 0 Å². The second kappa shape index (κ2) is 17.8. The highest BCUT2D eigenvalue weighted by atomic mass is 35.5. The minimum Gasteiger partial charge on any atom is -0.307 e. The Labute approximate surface area is 275 Å². The zero-order valence-corrected chi connectivity index (χ0v) is 28.3. The predicted molar refractivity (Wildman–Crippen MR) is 185 cm³/mol. The normalized spacial score (nSPS) is 14.9. The third kappa shape index (κ3) is 8.79. The number of hydrogen-bond acceptors (Lipinski definition) is 2. The van der Waals surface area contributed by atoms with Crippen LogP contribution in [0.2, 0.25) is 10.0 Å². The number of unbranched alkanes of at least 4 members (excludes halogenated alkanes) is 14. The van der Waals surface area contributed by atoms with Gasteiger partial charge >= 0.3 is 0 Å². The van der Waals surface area contributed by atoms with Crippen LogP contribution in [-0.2, 0) is 9.59 Å². The predicted octanol–water partition coefficient (Wildman–Crippen LogP) is 11.1. The minimum absolute atomic E-state index is 0.0791. The Morgan fingerprint density at radius 3 is 1.07 bits per heavy atom. The van der Waals surface area contributed by atoms with Crippen LogP contribution in [0.25, 0.3) is 11.4 Å². The molecule has 0 atom stereocenters. The fourth-order valence-electron chi connectivity index (χ4n) is 6.45. The molecule has 2 aromatic carbocycles. The van der Waals surface area contributed by atoms with Crippen LogP contribution in [0.4, 0.5) is 0 Å². The molecule has 0 spiro atoms. The molecule has 4 nitrogen and oxygen atoms in total. The first-order valence-corrected chi connectivity index (χ1v) is 17.9. The van der Waals surface area contributed by atoms with Crippen molar-refractivity contribution in [2.24, 2.45) is 0 Å². The lowest BCUT2D eigenvalue weighted by Gasteiger charge is -2.25. The largest absolute Gasteiger partial charge is 0.307 e. The van der Waals surface area contributed by atoms with Gasteiger partial charge in [-0.05, 0) is 48.2 Å². The van der Waals surface area contributed by atoms with Crippen LogP contribution in [-0.4, -0.2) is 34.7 Å². The summed E-state index contributed by atoms with van der Waals surface area (Å²) >= 11 is 12.5. The quantitative estimate of drug-likeness (QED) is 0.136. The summed E-state index contributed by atoms with van der Waals surface area (Å²) in [6.45, 7) is 5.67. The van der Waals surface area contributed by atoms with Gasteiger partial charge in [-0.1, -0.05) is 151 Å². The molecular formula is C38H50Cl2N2O2. The van der Waals surface area contributed by atoms with Crippen molar-refractivity contribution in [2.75, 3.05) is 13.1 Å². The lowest BCUT2D eigenvalue weighted by molar-refractivity contribution is -0.124. The Hall–Kier alpha value is -2.56. The molecule has 0 N–H and O–H groups in total. The van der Waals surface area contributed by atoms with E-state index in [1.165, 1.54) is 77.0 Å². The number of benzene rings is 2. The van der Waals surface area contributed by atoms with Crippen LogP contribution >= 0.6 is 23.2 Å². The summed E-state index contributed by atoms with van der Waals surface area (Å²) in [5, 5.41) is 1.26. The van der Waals surface area contributed by atoms with Crippen molar-refractivity contribution >= 4 is 46.4 Å². The molecule has 2 aliphatic heterocycles. The summed E-state index contributed by atoms with van der Waals surface area (Å²) in [5.74, 6) is -0.158. The van der Waals surface area contributed by atoms with Crippen molar-refractivity contribution in [1.82, 2.24) is 9.80 Å². The van der Waals surface area contributed by atoms with Crippen LogP contribution in [0.1, 0.15) is 128 Å².